The van der Waals surface area contributed by atoms with E-state index in [1.807, 2.05) is 6.92 Å². The number of carbonyl (C=O) groups is 1. The summed E-state index contributed by atoms with van der Waals surface area (Å²) in [6.07, 6.45) is 4.44. The topological polar surface area (TPSA) is 63.5 Å². The van der Waals surface area contributed by atoms with Crippen LogP contribution in [0.1, 0.15) is 45.1 Å². The average Bonchev–Trinajstić information content (AvgIpc) is 3.22. The summed E-state index contributed by atoms with van der Waals surface area (Å²) in [7, 11) is 0. The van der Waals surface area contributed by atoms with Gasteiger partial charge in [0.2, 0.25) is 11.9 Å². The van der Waals surface area contributed by atoms with Crippen LogP contribution in [0.2, 0.25) is 0 Å². The Hall–Kier alpha value is -2.06. The number of benzene rings is 1. The summed E-state index contributed by atoms with van der Waals surface area (Å²) in [5, 5.41) is 9.62. The second kappa shape index (κ2) is 10.0. The second-order valence-corrected chi connectivity index (χ2v) is 9.71. The Morgan fingerprint density at radius 3 is 2.77 bits per heavy atom. The highest BCUT2D eigenvalue weighted by Crippen LogP contribution is 2.32. The molecule has 2 atom stereocenters. The quantitative estimate of drug-likeness (QED) is 0.635. The number of carbonyl (C=O) groups excluding carboxylic acids is 1. The molecular formula is C23H33N5O2S. The minimum Gasteiger partial charge on any atom is -0.378 e. The number of hydrogen-bond acceptors (Lipinski definition) is 6. The maximum atomic E-state index is 13.3. The lowest BCUT2D eigenvalue weighted by Crippen LogP contribution is -2.46. The van der Waals surface area contributed by atoms with E-state index in [2.05, 4.69) is 62.7 Å². The molecule has 0 saturated carbocycles. The zero-order chi connectivity index (χ0) is 21.8. The number of rotatable bonds is 6. The van der Waals surface area contributed by atoms with Gasteiger partial charge in [-0.2, -0.15) is 0 Å². The number of morpholine rings is 1. The maximum Gasteiger partial charge on any atom is 0.236 e. The van der Waals surface area contributed by atoms with Crippen LogP contribution in [0.4, 0.5) is 5.95 Å². The third-order valence-electron chi connectivity index (χ3n) is 6.18. The molecule has 0 radical (unpaired) electrons. The van der Waals surface area contributed by atoms with Crippen molar-refractivity contribution in [1.29, 1.82) is 0 Å². The van der Waals surface area contributed by atoms with Crippen molar-refractivity contribution in [2.75, 3.05) is 37.7 Å². The Morgan fingerprint density at radius 2 is 2.03 bits per heavy atom. The minimum atomic E-state index is -0.211. The number of piperidine rings is 1. The smallest absolute Gasteiger partial charge is 0.236 e. The first-order chi connectivity index (χ1) is 15.1. The normalized spacial score (nSPS) is 20.7. The standard InChI is InChI=1S/C23H33N5O2S/c1-4-19-9-5-6-11-27(19)21(29)18(3)31-23-25-24-22(26-12-14-30-15-13-26)28(23)20-10-7-8-17(2)16-20/h7-8,10,16,18-19H,4-6,9,11-15H2,1-3H3. The number of amides is 1. The van der Waals surface area contributed by atoms with Crippen LogP contribution >= 0.6 is 11.8 Å². The Labute approximate surface area is 189 Å². The molecule has 2 aromatic rings. The molecule has 2 aliphatic heterocycles. The molecule has 2 fully saturated rings. The van der Waals surface area contributed by atoms with Crippen molar-refractivity contribution in [3.8, 4) is 5.69 Å². The Morgan fingerprint density at radius 1 is 1.23 bits per heavy atom. The predicted octanol–water partition coefficient (Wildman–Crippen LogP) is 3.68. The fraction of sp³-hybridized carbons (Fsp3) is 0.609. The van der Waals surface area contributed by atoms with Gasteiger partial charge in [0.05, 0.1) is 24.2 Å². The van der Waals surface area contributed by atoms with Gasteiger partial charge >= 0.3 is 0 Å². The number of anilines is 1. The molecule has 0 spiro atoms. The van der Waals surface area contributed by atoms with Crippen molar-refractivity contribution >= 4 is 23.6 Å². The number of nitrogens with zero attached hydrogens (tertiary/aromatic N) is 5. The van der Waals surface area contributed by atoms with E-state index in [-0.39, 0.29) is 11.2 Å². The first-order valence-corrected chi connectivity index (χ1v) is 12.3. The van der Waals surface area contributed by atoms with Crippen LogP contribution in [0.5, 0.6) is 0 Å². The highest BCUT2D eigenvalue weighted by molar-refractivity contribution is 8.00. The lowest BCUT2D eigenvalue weighted by atomic mass is 10.00. The molecule has 3 heterocycles. The van der Waals surface area contributed by atoms with E-state index in [0.29, 0.717) is 19.3 Å². The molecule has 1 amide bonds. The lowest BCUT2D eigenvalue weighted by Gasteiger charge is -2.36. The van der Waals surface area contributed by atoms with Crippen molar-refractivity contribution in [2.45, 2.75) is 62.9 Å². The summed E-state index contributed by atoms with van der Waals surface area (Å²) in [6, 6.07) is 8.72. The van der Waals surface area contributed by atoms with Crippen LogP contribution in [-0.2, 0) is 9.53 Å². The SMILES string of the molecule is CCC1CCCCN1C(=O)C(C)Sc1nnc(N2CCOCC2)n1-c1cccc(C)c1. The van der Waals surface area contributed by atoms with Crippen molar-refractivity contribution in [3.63, 3.8) is 0 Å². The zero-order valence-corrected chi connectivity index (χ0v) is 19.6. The molecule has 168 valence electrons. The van der Waals surface area contributed by atoms with E-state index in [1.54, 1.807) is 0 Å². The number of aryl methyl sites for hydroxylation is 1. The molecule has 2 aliphatic rings. The van der Waals surface area contributed by atoms with Crippen LogP contribution in [-0.4, -0.2) is 69.7 Å². The van der Waals surface area contributed by atoms with Gasteiger partial charge in [0, 0.05) is 25.7 Å². The molecule has 0 aliphatic carbocycles. The Kier molecular flexibility index (Phi) is 7.17. The molecule has 0 N–H and O–H groups in total. The number of thioether (sulfide) groups is 1. The van der Waals surface area contributed by atoms with Gasteiger partial charge in [-0.15, -0.1) is 10.2 Å². The largest absolute Gasteiger partial charge is 0.378 e. The number of aromatic nitrogens is 3. The van der Waals surface area contributed by atoms with E-state index < -0.39 is 0 Å². The molecule has 2 unspecified atom stereocenters. The van der Waals surface area contributed by atoms with Crippen molar-refractivity contribution in [1.82, 2.24) is 19.7 Å². The summed E-state index contributed by atoms with van der Waals surface area (Å²) in [4.78, 5) is 17.6. The lowest BCUT2D eigenvalue weighted by molar-refractivity contribution is -0.134. The number of hydrogen-bond donors (Lipinski definition) is 0. The fourth-order valence-electron chi connectivity index (χ4n) is 4.46. The second-order valence-electron chi connectivity index (χ2n) is 8.41. The van der Waals surface area contributed by atoms with Gasteiger partial charge in [-0.3, -0.25) is 9.36 Å². The average molecular weight is 444 g/mol. The first kappa shape index (κ1) is 22.1. The Bertz CT molecular complexity index is 896. The van der Waals surface area contributed by atoms with Gasteiger partial charge < -0.3 is 14.5 Å². The predicted molar refractivity (Wildman–Crippen MR) is 124 cm³/mol. The molecular weight excluding hydrogens is 410 g/mol. The highest BCUT2D eigenvalue weighted by atomic mass is 32.2. The monoisotopic (exact) mass is 443 g/mol. The van der Waals surface area contributed by atoms with E-state index in [0.717, 1.165) is 55.7 Å². The molecule has 8 heteroatoms. The summed E-state index contributed by atoms with van der Waals surface area (Å²) in [6.45, 7) is 10.1. The molecule has 31 heavy (non-hydrogen) atoms. The van der Waals surface area contributed by atoms with Gasteiger partial charge in [0.25, 0.3) is 0 Å². The van der Waals surface area contributed by atoms with Crippen LogP contribution in [0, 0.1) is 6.92 Å². The van der Waals surface area contributed by atoms with E-state index in [9.17, 15) is 4.79 Å². The zero-order valence-electron chi connectivity index (χ0n) is 18.8. The van der Waals surface area contributed by atoms with Crippen LogP contribution in [0.25, 0.3) is 5.69 Å². The van der Waals surface area contributed by atoms with Crippen molar-refractivity contribution in [2.24, 2.45) is 0 Å². The third kappa shape index (κ3) is 4.90. The third-order valence-corrected chi connectivity index (χ3v) is 7.21. The summed E-state index contributed by atoms with van der Waals surface area (Å²) in [5.74, 6) is 1.03. The Balaban J connectivity index is 1.61. The van der Waals surface area contributed by atoms with Gasteiger partial charge in [0.15, 0.2) is 5.16 Å². The molecule has 7 nitrogen and oxygen atoms in total. The van der Waals surface area contributed by atoms with E-state index in [4.69, 9.17) is 4.74 Å². The fourth-order valence-corrected chi connectivity index (χ4v) is 5.39. The van der Waals surface area contributed by atoms with Gasteiger partial charge in [-0.05, 0) is 57.2 Å². The molecule has 4 rings (SSSR count). The van der Waals surface area contributed by atoms with Gasteiger partial charge in [-0.1, -0.05) is 30.8 Å². The molecule has 1 aromatic heterocycles. The van der Waals surface area contributed by atoms with E-state index >= 15 is 0 Å². The maximum absolute atomic E-state index is 13.3. The van der Waals surface area contributed by atoms with Crippen molar-refractivity contribution in [3.05, 3.63) is 29.8 Å². The number of likely N-dealkylation sites (tertiary alicyclic amines) is 1. The van der Waals surface area contributed by atoms with Crippen LogP contribution < -0.4 is 4.90 Å². The van der Waals surface area contributed by atoms with E-state index in [1.165, 1.54) is 23.7 Å². The molecule has 0 bridgehead atoms. The first-order valence-electron chi connectivity index (χ1n) is 11.4. The summed E-state index contributed by atoms with van der Waals surface area (Å²) >= 11 is 1.51. The molecule has 2 saturated heterocycles. The highest BCUT2D eigenvalue weighted by Gasteiger charge is 2.31. The van der Waals surface area contributed by atoms with Crippen molar-refractivity contribution < 1.29 is 9.53 Å². The number of ether oxygens (including phenoxy) is 1. The van der Waals surface area contributed by atoms with Gasteiger partial charge in [-0.25, -0.2) is 0 Å². The van der Waals surface area contributed by atoms with Crippen LogP contribution in [0.15, 0.2) is 29.4 Å². The minimum absolute atomic E-state index is 0.211. The summed E-state index contributed by atoms with van der Waals surface area (Å²) in [5.41, 5.74) is 2.20. The van der Waals surface area contributed by atoms with Crippen LogP contribution in [0.3, 0.4) is 0 Å². The summed E-state index contributed by atoms with van der Waals surface area (Å²) < 4.78 is 7.62. The molecule has 1 aromatic carbocycles. The van der Waals surface area contributed by atoms with Gasteiger partial charge in [0.1, 0.15) is 0 Å².